The first kappa shape index (κ1) is 30.2. The Morgan fingerprint density at radius 2 is 1.73 bits per heavy atom. The van der Waals surface area contributed by atoms with Crippen molar-refractivity contribution in [2.24, 2.45) is 0 Å². The summed E-state index contributed by atoms with van der Waals surface area (Å²) in [5, 5.41) is 18.6. The van der Waals surface area contributed by atoms with Crippen LogP contribution in [0.25, 0.3) is 10.2 Å². The van der Waals surface area contributed by atoms with E-state index in [2.05, 4.69) is 48.4 Å². The van der Waals surface area contributed by atoms with Crippen molar-refractivity contribution in [1.29, 1.82) is 0 Å². The number of aromatic amines is 1. The van der Waals surface area contributed by atoms with Gasteiger partial charge in [0, 0.05) is 11.3 Å². The molecule has 6 rings (SSSR count). The molecule has 0 atom stereocenters. The van der Waals surface area contributed by atoms with Crippen molar-refractivity contribution in [1.82, 2.24) is 25.6 Å². The van der Waals surface area contributed by atoms with Crippen LogP contribution in [-0.4, -0.2) is 37.5 Å². The molecular formula is C31H29F3N8O2S. The number of aryl methyl sites for hydroxylation is 1. The first-order valence-corrected chi connectivity index (χ1v) is 15.3. The third kappa shape index (κ3) is 6.95. The van der Waals surface area contributed by atoms with Gasteiger partial charge in [-0.25, -0.2) is 9.78 Å². The zero-order valence-electron chi connectivity index (χ0n) is 24.2. The second-order valence-electron chi connectivity index (χ2n) is 11.0. The van der Waals surface area contributed by atoms with Crippen molar-refractivity contribution in [2.75, 3.05) is 15.5 Å². The summed E-state index contributed by atoms with van der Waals surface area (Å²) < 4.78 is 40.7. The zero-order chi connectivity index (χ0) is 31.6. The number of benzene rings is 3. The van der Waals surface area contributed by atoms with Gasteiger partial charge in [0.15, 0.2) is 5.13 Å². The highest BCUT2D eigenvalue weighted by Crippen LogP contribution is 2.37. The van der Waals surface area contributed by atoms with Gasteiger partial charge in [-0.1, -0.05) is 60.0 Å². The van der Waals surface area contributed by atoms with Crippen LogP contribution in [0.15, 0.2) is 60.7 Å². The molecule has 2 aromatic heterocycles. The van der Waals surface area contributed by atoms with Crippen LogP contribution in [0.2, 0.25) is 0 Å². The fourth-order valence-electron chi connectivity index (χ4n) is 5.55. The number of anilines is 3. The van der Waals surface area contributed by atoms with E-state index in [-0.39, 0.29) is 23.1 Å². The Bertz CT molecular complexity index is 1800. The van der Waals surface area contributed by atoms with E-state index in [1.165, 1.54) is 24.8 Å². The number of rotatable bonds is 7. The second kappa shape index (κ2) is 12.6. The summed E-state index contributed by atoms with van der Waals surface area (Å²) >= 11 is 1.12. The number of aromatic nitrogens is 5. The number of hydrogen-bond donors (Lipinski definition) is 3. The summed E-state index contributed by atoms with van der Waals surface area (Å²) in [6.45, 7) is 1.75. The molecule has 5 aromatic rings. The van der Waals surface area contributed by atoms with E-state index in [1.807, 2.05) is 12.1 Å². The maximum absolute atomic E-state index is 13.8. The first-order chi connectivity index (χ1) is 21.6. The number of amides is 3. The number of halogens is 3. The quantitative estimate of drug-likeness (QED) is 0.169. The van der Waals surface area contributed by atoms with Crippen LogP contribution >= 0.6 is 11.3 Å². The smallest absolute Gasteiger partial charge is 0.290 e. The van der Waals surface area contributed by atoms with E-state index in [1.54, 1.807) is 36.1 Å². The highest BCUT2D eigenvalue weighted by Gasteiger charge is 2.31. The van der Waals surface area contributed by atoms with Crippen molar-refractivity contribution < 1.29 is 22.8 Å². The zero-order valence-corrected chi connectivity index (χ0v) is 25.0. The molecule has 3 aromatic carbocycles. The van der Waals surface area contributed by atoms with Crippen molar-refractivity contribution >= 4 is 50.3 Å². The third-order valence-corrected chi connectivity index (χ3v) is 8.99. The van der Waals surface area contributed by atoms with E-state index in [0.717, 1.165) is 41.9 Å². The predicted octanol–water partition coefficient (Wildman–Crippen LogP) is 7.68. The molecule has 1 aliphatic rings. The Balaban J connectivity index is 1.25. The largest absolute Gasteiger partial charge is 0.416 e. The van der Waals surface area contributed by atoms with E-state index in [4.69, 9.17) is 0 Å². The summed E-state index contributed by atoms with van der Waals surface area (Å²) in [4.78, 5) is 32.1. The molecule has 0 bridgehead atoms. The van der Waals surface area contributed by atoms with Gasteiger partial charge in [0.25, 0.3) is 11.9 Å². The number of fused-ring (bicyclic) bond motifs is 1. The number of nitrogens with zero attached hydrogens (tertiary/aromatic N) is 5. The molecule has 1 fully saturated rings. The summed E-state index contributed by atoms with van der Waals surface area (Å²) in [6.07, 6.45) is 1.44. The number of carbonyl (C=O) groups is 2. The lowest BCUT2D eigenvalue weighted by atomic mass is 9.84. The molecule has 0 radical (unpaired) electrons. The normalized spacial score (nSPS) is 14.0. The third-order valence-electron chi connectivity index (χ3n) is 7.87. The van der Waals surface area contributed by atoms with Crippen LogP contribution in [0, 0.1) is 6.92 Å². The minimum Gasteiger partial charge on any atom is -0.290 e. The van der Waals surface area contributed by atoms with Crippen molar-refractivity contribution in [3.05, 3.63) is 88.5 Å². The number of carbonyl (C=O) groups excluding carboxylic acids is 2. The van der Waals surface area contributed by atoms with Crippen molar-refractivity contribution in [3.8, 4) is 0 Å². The van der Waals surface area contributed by atoms with Gasteiger partial charge in [-0.05, 0) is 84.0 Å². The maximum Gasteiger partial charge on any atom is 0.416 e. The van der Waals surface area contributed by atoms with Crippen LogP contribution in [0.4, 0.5) is 34.7 Å². The van der Waals surface area contributed by atoms with Crippen LogP contribution in [0.5, 0.6) is 0 Å². The minimum atomic E-state index is -4.50. The number of alkyl halides is 3. The average molecular weight is 635 g/mol. The molecule has 2 heterocycles. The molecule has 14 heteroatoms. The molecule has 3 amide bonds. The molecule has 232 valence electrons. The van der Waals surface area contributed by atoms with E-state index in [0.29, 0.717) is 27.4 Å². The van der Waals surface area contributed by atoms with Crippen LogP contribution in [-0.2, 0) is 12.7 Å². The van der Waals surface area contributed by atoms with Crippen molar-refractivity contribution in [3.63, 3.8) is 0 Å². The number of hydrogen-bond acceptors (Lipinski definition) is 7. The molecule has 45 heavy (non-hydrogen) atoms. The topological polar surface area (TPSA) is 129 Å². The van der Waals surface area contributed by atoms with Crippen LogP contribution in [0.1, 0.15) is 70.6 Å². The number of nitrogens with one attached hydrogen (secondary N) is 3. The molecule has 0 saturated heterocycles. The number of urea groups is 1. The Kier molecular flexibility index (Phi) is 8.48. The van der Waals surface area contributed by atoms with Gasteiger partial charge in [-0.3, -0.25) is 20.3 Å². The summed E-state index contributed by atoms with van der Waals surface area (Å²) in [5.74, 6) is 0.118. The number of tetrazole rings is 1. The van der Waals surface area contributed by atoms with E-state index in [9.17, 15) is 22.8 Å². The highest BCUT2D eigenvalue weighted by atomic mass is 32.1. The van der Waals surface area contributed by atoms with Gasteiger partial charge in [-0.15, -0.1) is 5.10 Å². The number of thiazole rings is 1. The number of H-pyrrole nitrogens is 1. The molecular weight excluding hydrogens is 605 g/mol. The predicted molar refractivity (Wildman–Crippen MR) is 165 cm³/mol. The lowest BCUT2D eigenvalue weighted by Gasteiger charge is -2.25. The lowest BCUT2D eigenvalue weighted by molar-refractivity contribution is -0.137. The Morgan fingerprint density at radius 1 is 1.00 bits per heavy atom. The second-order valence-corrected chi connectivity index (χ2v) is 12.0. The van der Waals surface area contributed by atoms with Gasteiger partial charge in [0.1, 0.15) is 0 Å². The SMILES string of the molecule is Cc1cc(C(F)(F)F)cc2nc(NC(=O)N(Cc3ccc(C(=O)Nc4nn[nH]n4)cc3)c3ccc(C4CCCCC4)cc3)sc12. The van der Waals surface area contributed by atoms with Gasteiger partial charge in [0.05, 0.1) is 22.3 Å². The Morgan fingerprint density at radius 3 is 2.40 bits per heavy atom. The average Bonchev–Trinajstić information content (AvgIpc) is 3.70. The molecule has 0 unspecified atom stereocenters. The molecule has 3 N–H and O–H groups in total. The molecule has 0 aliphatic heterocycles. The van der Waals surface area contributed by atoms with E-state index >= 15 is 0 Å². The minimum absolute atomic E-state index is 0.0447. The van der Waals surface area contributed by atoms with Gasteiger partial charge < -0.3 is 0 Å². The lowest BCUT2D eigenvalue weighted by Crippen LogP contribution is -2.34. The fraction of sp³-hybridized carbons (Fsp3) is 0.290. The Hall–Kier alpha value is -4.85. The highest BCUT2D eigenvalue weighted by molar-refractivity contribution is 7.22. The first-order valence-electron chi connectivity index (χ1n) is 14.4. The van der Waals surface area contributed by atoms with Gasteiger partial charge in [0.2, 0.25) is 0 Å². The van der Waals surface area contributed by atoms with Crippen LogP contribution in [0.3, 0.4) is 0 Å². The molecule has 0 spiro atoms. The Labute approximate surface area is 260 Å². The fourth-order valence-corrected chi connectivity index (χ4v) is 6.46. The standard InChI is InChI=1S/C31H29F3N8O2S/c1-18-15-23(31(32,33)34)16-25-26(18)45-29(35-25)37-30(44)42(24-13-11-21(12-14-24)20-5-3-2-4-6-20)17-19-7-9-22(10-8-19)27(43)36-28-38-40-41-39-28/h7-16,20H,2-6,17H2,1H3,(H,35,37,44)(H2,36,38,39,40,41,43). The summed E-state index contributed by atoms with van der Waals surface area (Å²) in [5.41, 5.74) is 2.79. The van der Waals surface area contributed by atoms with Gasteiger partial charge >= 0.3 is 12.2 Å². The van der Waals surface area contributed by atoms with E-state index < -0.39 is 23.7 Å². The monoisotopic (exact) mass is 634 g/mol. The summed E-state index contributed by atoms with van der Waals surface area (Å²) in [6, 6.07) is 16.2. The maximum atomic E-state index is 13.8. The molecule has 1 saturated carbocycles. The van der Waals surface area contributed by atoms with Gasteiger partial charge in [-0.2, -0.15) is 18.4 Å². The van der Waals surface area contributed by atoms with Crippen LogP contribution < -0.4 is 15.5 Å². The molecule has 10 nitrogen and oxygen atoms in total. The van der Waals surface area contributed by atoms with Crippen molar-refractivity contribution in [2.45, 2.75) is 57.7 Å². The summed E-state index contributed by atoms with van der Waals surface area (Å²) in [7, 11) is 0. The molecule has 1 aliphatic carbocycles.